The number of likely N-dealkylation sites (tertiary alicyclic amines) is 1. The third-order valence-corrected chi connectivity index (χ3v) is 3.18. The smallest absolute Gasteiger partial charge is 0.410 e. The van der Waals surface area contributed by atoms with E-state index in [4.69, 9.17) is 15.2 Å². The summed E-state index contributed by atoms with van der Waals surface area (Å²) >= 11 is 0. The number of hydrogen-bond donors (Lipinski definition) is 1. The second kappa shape index (κ2) is 6.92. The highest BCUT2D eigenvalue weighted by Crippen LogP contribution is 2.21. The Bertz CT molecular complexity index is 352. The van der Waals surface area contributed by atoms with Crippen LogP contribution in [0.4, 0.5) is 4.79 Å². The molecule has 0 spiro atoms. The van der Waals surface area contributed by atoms with Crippen LogP contribution in [0.5, 0.6) is 0 Å². The zero-order valence-corrected chi connectivity index (χ0v) is 12.8. The molecule has 1 fully saturated rings. The van der Waals surface area contributed by atoms with Gasteiger partial charge in [0.15, 0.2) is 0 Å². The van der Waals surface area contributed by atoms with Gasteiger partial charge in [-0.3, -0.25) is 4.79 Å². The molecule has 0 radical (unpaired) electrons. The summed E-state index contributed by atoms with van der Waals surface area (Å²) in [7, 11) is 0. The standard InChI is InChI=1S/C14H26N2O4/c1-5-19-12(17)8-10-9-16(7-6-11(10)15)13(18)20-14(2,3)4/h10-11H,5-9,15H2,1-4H3. The van der Waals surface area contributed by atoms with Crippen molar-refractivity contribution in [2.75, 3.05) is 19.7 Å². The molecule has 116 valence electrons. The number of nitrogens with two attached hydrogens (primary N) is 1. The normalized spacial score (nSPS) is 23.4. The zero-order valence-electron chi connectivity index (χ0n) is 12.8. The van der Waals surface area contributed by atoms with Gasteiger partial charge in [-0.05, 0) is 34.1 Å². The molecular formula is C14H26N2O4. The second-order valence-electron chi connectivity index (χ2n) is 6.15. The Labute approximate surface area is 120 Å². The molecule has 6 heteroatoms. The SMILES string of the molecule is CCOC(=O)CC1CN(C(=O)OC(C)(C)C)CCC1N. The number of hydrogen-bond acceptors (Lipinski definition) is 5. The lowest BCUT2D eigenvalue weighted by Crippen LogP contribution is -2.51. The quantitative estimate of drug-likeness (QED) is 0.795. The van der Waals surface area contributed by atoms with Crippen molar-refractivity contribution >= 4 is 12.1 Å². The van der Waals surface area contributed by atoms with E-state index in [1.165, 1.54) is 0 Å². The Hall–Kier alpha value is -1.30. The monoisotopic (exact) mass is 286 g/mol. The lowest BCUT2D eigenvalue weighted by atomic mass is 9.90. The van der Waals surface area contributed by atoms with Gasteiger partial charge in [0.2, 0.25) is 0 Å². The number of piperidine rings is 1. The summed E-state index contributed by atoms with van der Waals surface area (Å²) in [4.78, 5) is 25.2. The first-order chi connectivity index (χ1) is 9.23. The summed E-state index contributed by atoms with van der Waals surface area (Å²) in [6, 6.07) is -0.0851. The number of amides is 1. The highest BCUT2D eigenvalue weighted by molar-refractivity contribution is 5.71. The van der Waals surface area contributed by atoms with E-state index in [9.17, 15) is 9.59 Å². The molecule has 2 atom stereocenters. The highest BCUT2D eigenvalue weighted by atomic mass is 16.6. The first-order valence-electron chi connectivity index (χ1n) is 7.12. The molecule has 0 aliphatic carbocycles. The van der Waals surface area contributed by atoms with Crippen LogP contribution in [0.3, 0.4) is 0 Å². The van der Waals surface area contributed by atoms with E-state index in [-0.39, 0.29) is 30.4 Å². The average molecular weight is 286 g/mol. The van der Waals surface area contributed by atoms with Gasteiger partial charge < -0.3 is 20.1 Å². The first-order valence-corrected chi connectivity index (χ1v) is 7.12. The summed E-state index contributed by atoms with van der Waals surface area (Å²) in [5, 5.41) is 0. The summed E-state index contributed by atoms with van der Waals surface area (Å²) in [6.07, 6.45) is 0.565. The van der Waals surface area contributed by atoms with E-state index in [0.29, 0.717) is 26.1 Å². The van der Waals surface area contributed by atoms with Crippen molar-refractivity contribution in [2.24, 2.45) is 11.7 Å². The molecule has 0 bridgehead atoms. The van der Waals surface area contributed by atoms with Crippen LogP contribution in [0.1, 0.15) is 40.5 Å². The van der Waals surface area contributed by atoms with Crippen LogP contribution >= 0.6 is 0 Å². The molecule has 2 unspecified atom stereocenters. The number of carbonyl (C=O) groups excluding carboxylic acids is 2. The van der Waals surface area contributed by atoms with Crippen LogP contribution in [0.2, 0.25) is 0 Å². The molecule has 6 nitrogen and oxygen atoms in total. The number of rotatable bonds is 3. The van der Waals surface area contributed by atoms with Crippen LogP contribution in [0.15, 0.2) is 0 Å². The molecule has 2 N–H and O–H groups in total. The van der Waals surface area contributed by atoms with Gasteiger partial charge in [-0.2, -0.15) is 0 Å². The molecule has 1 rings (SSSR count). The first kappa shape index (κ1) is 16.8. The number of nitrogens with zero attached hydrogens (tertiary/aromatic N) is 1. The molecule has 20 heavy (non-hydrogen) atoms. The van der Waals surface area contributed by atoms with Gasteiger partial charge in [0, 0.05) is 25.0 Å². The Balaban J connectivity index is 2.56. The van der Waals surface area contributed by atoms with Gasteiger partial charge in [-0.25, -0.2) is 4.79 Å². The van der Waals surface area contributed by atoms with E-state index < -0.39 is 5.60 Å². The number of carbonyl (C=O) groups is 2. The van der Waals surface area contributed by atoms with E-state index in [1.807, 2.05) is 20.8 Å². The highest BCUT2D eigenvalue weighted by Gasteiger charge is 2.33. The number of ether oxygens (including phenoxy) is 2. The van der Waals surface area contributed by atoms with Crippen LogP contribution < -0.4 is 5.73 Å². The van der Waals surface area contributed by atoms with Crippen molar-refractivity contribution in [1.29, 1.82) is 0 Å². The second-order valence-corrected chi connectivity index (χ2v) is 6.15. The topological polar surface area (TPSA) is 81.9 Å². The van der Waals surface area contributed by atoms with E-state index in [0.717, 1.165) is 0 Å². The molecule has 1 amide bonds. The Morgan fingerprint density at radius 1 is 1.35 bits per heavy atom. The fraction of sp³-hybridized carbons (Fsp3) is 0.857. The van der Waals surface area contributed by atoms with Crippen LogP contribution in [-0.4, -0.2) is 48.3 Å². The Kier molecular flexibility index (Phi) is 5.80. The molecule has 0 aromatic heterocycles. The van der Waals surface area contributed by atoms with Crippen molar-refractivity contribution < 1.29 is 19.1 Å². The van der Waals surface area contributed by atoms with Crippen molar-refractivity contribution in [1.82, 2.24) is 4.90 Å². The van der Waals surface area contributed by atoms with E-state index >= 15 is 0 Å². The Morgan fingerprint density at radius 3 is 2.55 bits per heavy atom. The van der Waals surface area contributed by atoms with Crippen LogP contribution in [-0.2, 0) is 14.3 Å². The Morgan fingerprint density at radius 2 is 2.00 bits per heavy atom. The average Bonchev–Trinajstić information content (AvgIpc) is 2.30. The third kappa shape index (κ3) is 5.36. The predicted octanol–water partition coefficient (Wildman–Crippen LogP) is 1.52. The number of esters is 1. The summed E-state index contributed by atoms with van der Waals surface area (Å²) in [5.41, 5.74) is 5.51. The van der Waals surface area contributed by atoms with Gasteiger partial charge >= 0.3 is 12.1 Å². The molecule has 0 saturated carbocycles. The summed E-state index contributed by atoms with van der Waals surface area (Å²) in [5.74, 6) is -0.339. The fourth-order valence-corrected chi connectivity index (χ4v) is 2.19. The molecule has 1 aliphatic heterocycles. The fourth-order valence-electron chi connectivity index (χ4n) is 2.19. The molecule has 0 aromatic rings. The van der Waals surface area contributed by atoms with Crippen molar-refractivity contribution in [2.45, 2.75) is 52.2 Å². The predicted molar refractivity (Wildman–Crippen MR) is 75.1 cm³/mol. The lowest BCUT2D eigenvalue weighted by Gasteiger charge is -2.37. The maximum absolute atomic E-state index is 12.0. The van der Waals surface area contributed by atoms with E-state index in [1.54, 1.807) is 11.8 Å². The molecule has 1 saturated heterocycles. The largest absolute Gasteiger partial charge is 0.466 e. The van der Waals surface area contributed by atoms with Crippen molar-refractivity contribution in [3.8, 4) is 0 Å². The van der Waals surface area contributed by atoms with Crippen LogP contribution in [0.25, 0.3) is 0 Å². The van der Waals surface area contributed by atoms with Crippen molar-refractivity contribution in [3.63, 3.8) is 0 Å². The van der Waals surface area contributed by atoms with Gasteiger partial charge in [-0.15, -0.1) is 0 Å². The third-order valence-electron chi connectivity index (χ3n) is 3.18. The minimum absolute atomic E-state index is 0.0738. The molecule has 0 aromatic carbocycles. The van der Waals surface area contributed by atoms with Gasteiger partial charge in [0.25, 0.3) is 0 Å². The van der Waals surface area contributed by atoms with E-state index in [2.05, 4.69) is 0 Å². The minimum Gasteiger partial charge on any atom is -0.466 e. The van der Waals surface area contributed by atoms with Gasteiger partial charge in [-0.1, -0.05) is 0 Å². The summed E-state index contributed by atoms with van der Waals surface area (Å²) in [6.45, 7) is 8.62. The van der Waals surface area contributed by atoms with Gasteiger partial charge in [0.1, 0.15) is 5.60 Å². The zero-order chi connectivity index (χ0) is 15.3. The van der Waals surface area contributed by atoms with Gasteiger partial charge in [0.05, 0.1) is 13.0 Å². The maximum atomic E-state index is 12.0. The molecule has 1 heterocycles. The molecule has 1 aliphatic rings. The molecular weight excluding hydrogens is 260 g/mol. The maximum Gasteiger partial charge on any atom is 0.410 e. The van der Waals surface area contributed by atoms with Crippen molar-refractivity contribution in [3.05, 3.63) is 0 Å². The summed E-state index contributed by atoms with van der Waals surface area (Å²) < 4.78 is 10.3. The van der Waals surface area contributed by atoms with Crippen LogP contribution in [0, 0.1) is 5.92 Å². The minimum atomic E-state index is -0.521. The lowest BCUT2D eigenvalue weighted by molar-refractivity contribution is -0.144.